The Morgan fingerprint density at radius 3 is 2.36 bits per heavy atom. The lowest BCUT2D eigenvalue weighted by molar-refractivity contribution is 0.198. The average Bonchev–Trinajstić information content (AvgIpc) is 2.71. The number of nitrogens with zero attached hydrogens (tertiary/aromatic N) is 2. The molecule has 5 nitrogen and oxygen atoms in total. The Morgan fingerprint density at radius 1 is 1.07 bits per heavy atom. The third-order valence-electron chi connectivity index (χ3n) is 4.95. The molecule has 0 saturated carbocycles. The van der Waals surface area contributed by atoms with Crippen LogP contribution in [0.5, 0.6) is 5.75 Å². The van der Waals surface area contributed by atoms with E-state index in [9.17, 15) is 9.50 Å². The molecule has 0 atom stereocenters. The minimum absolute atomic E-state index is 0.186. The van der Waals surface area contributed by atoms with Crippen molar-refractivity contribution in [1.29, 1.82) is 0 Å². The molecule has 0 aromatic heterocycles. The smallest absolute Gasteiger partial charge is 0.191 e. The third-order valence-corrected chi connectivity index (χ3v) is 4.95. The van der Waals surface area contributed by atoms with Crippen LogP contribution in [0.1, 0.15) is 30.9 Å². The predicted octanol–water partition coefficient (Wildman–Crippen LogP) is 3.25. The number of piperidine rings is 1. The standard InChI is InChI=1S/C22H29FN4O/c1-2-24-22(25-15-17-5-9-21(28)10-6-17)26-20-11-13-27(14-12-20)16-18-3-7-19(23)8-4-18/h3-10,20,28H,2,11-16H2,1H3,(H2,24,25,26). The molecule has 1 heterocycles. The summed E-state index contributed by atoms with van der Waals surface area (Å²) >= 11 is 0. The van der Waals surface area contributed by atoms with Crippen molar-refractivity contribution in [2.75, 3.05) is 19.6 Å². The van der Waals surface area contributed by atoms with Crippen molar-refractivity contribution in [2.45, 2.75) is 38.9 Å². The number of aliphatic imine (C=N–C) groups is 1. The van der Waals surface area contributed by atoms with Crippen LogP contribution in [-0.4, -0.2) is 41.6 Å². The topological polar surface area (TPSA) is 59.9 Å². The van der Waals surface area contributed by atoms with Crippen LogP contribution in [0.15, 0.2) is 53.5 Å². The van der Waals surface area contributed by atoms with Crippen LogP contribution in [0.2, 0.25) is 0 Å². The number of likely N-dealkylation sites (tertiary alicyclic amines) is 1. The van der Waals surface area contributed by atoms with Gasteiger partial charge in [-0.2, -0.15) is 0 Å². The number of phenols is 1. The highest BCUT2D eigenvalue weighted by atomic mass is 19.1. The van der Waals surface area contributed by atoms with E-state index < -0.39 is 0 Å². The van der Waals surface area contributed by atoms with E-state index in [1.54, 1.807) is 12.1 Å². The summed E-state index contributed by atoms with van der Waals surface area (Å²) in [6, 6.07) is 14.3. The number of rotatable bonds is 6. The number of hydrogen-bond donors (Lipinski definition) is 3. The van der Waals surface area contributed by atoms with Crippen molar-refractivity contribution in [1.82, 2.24) is 15.5 Å². The van der Waals surface area contributed by atoms with Gasteiger partial charge in [-0.05, 0) is 55.2 Å². The number of hydrogen-bond acceptors (Lipinski definition) is 3. The summed E-state index contributed by atoms with van der Waals surface area (Å²) < 4.78 is 13.0. The summed E-state index contributed by atoms with van der Waals surface area (Å²) in [6.45, 7) is 6.31. The second-order valence-corrected chi connectivity index (χ2v) is 7.18. The van der Waals surface area contributed by atoms with Gasteiger partial charge in [0.2, 0.25) is 0 Å². The van der Waals surface area contributed by atoms with Gasteiger partial charge in [0, 0.05) is 32.2 Å². The van der Waals surface area contributed by atoms with Crippen molar-refractivity contribution in [2.24, 2.45) is 4.99 Å². The SMILES string of the molecule is CCNC(=NCc1ccc(O)cc1)NC1CCN(Cc2ccc(F)cc2)CC1. The Balaban J connectivity index is 1.48. The van der Waals surface area contributed by atoms with E-state index in [0.29, 0.717) is 12.6 Å². The van der Waals surface area contributed by atoms with Crippen LogP contribution in [0.4, 0.5) is 4.39 Å². The molecule has 1 aliphatic heterocycles. The molecule has 2 aromatic rings. The summed E-state index contributed by atoms with van der Waals surface area (Å²) in [6.07, 6.45) is 2.09. The largest absolute Gasteiger partial charge is 0.508 e. The summed E-state index contributed by atoms with van der Waals surface area (Å²) in [5.74, 6) is 0.909. The monoisotopic (exact) mass is 384 g/mol. The molecule has 1 fully saturated rings. The van der Waals surface area contributed by atoms with Gasteiger partial charge in [0.25, 0.3) is 0 Å². The van der Waals surface area contributed by atoms with Gasteiger partial charge < -0.3 is 15.7 Å². The van der Waals surface area contributed by atoms with Gasteiger partial charge in [-0.1, -0.05) is 24.3 Å². The molecule has 3 rings (SSSR count). The van der Waals surface area contributed by atoms with Crippen LogP contribution in [0.25, 0.3) is 0 Å². The van der Waals surface area contributed by atoms with Crippen LogP contribution in [0.3, 0.4) is 0 Å². The first-order valence-corrected chi connectivity index (χ1v) is 9.92. The Bertz CT molecular complexity index is 753. The van der Waals surface area contributed by atoms with E-state index >= 15 is 0 Å². The highest BCUT2D eigenvalue weighted by Crippen LogP contribution is 2.15. The van der Waals surface area contributed by atoms with E-state index in [0.717, 1.165) is 56.1 Å². The van der Waals surface area contributed by atoms with E-state index in [1.165, 1.54) is 12.1 Å². The molecule has 0 aliphatic carbocycles. The fourth-order valence-electron chi connectivity index (χ4n) is 3.37. The van der Waals surface area contributed by atoms with Gasteiger partial charge in [0.15, 0.2) is 5.96 Å². The molecule has 1 aliphatic rings. The number of guanidine groups is 1. The lowest BCUT2D eigenvalue weighted by atomic mass is 10.0. The zero-order valence-corrected chi connectivity index (χ0v) is 16.4. The van der Waals surface area contributed by atoms with E-state index in [-0.39, 0.29) is 11.6 Å². The molecule has 0 unspecified atom stereocenters. The van der Waals surface area contributed by atoms with Gasteiger partial charge in [0.1, 0.15) is 11.6 Å². The van der Waals surface area contributed by atoms with E-state index in [2.05, 4.69) is 27.4 Å². The van der Waals surface area contributed by atoms with Crippen molar-refractivity contribution >= 4 is 5.96 Å². The highest BCUT2D eigenvalue weighted by Gasteiger charge is 2.20. The molecule has 0 amide bonds. The molecule has 1 saturated heterocycles. The molecule has 0 bridgehead atoms. The van der Waals surface area contributed by atoms with Crippen molar-refractivity contribution in [3.05, 3.63) is 65.5 Å². The maximum Gasteiger partial charge on any atom is 0.191 e. The molecule has 0 spiro atoms. The predicted molar refractivity (Wildman–Crippen MR) is 111 cm³/mol. The quantitative estimate of drug-likeness (QED) is 0.529. The lowest BCUT2D eigenvalue weighted by Gasteiger charge is -2.33. The Hall–Kier alpha value is -2.60. The minimum atomic E-state index is -0.186. The van der Waals surface area contributed by atoms with Crippen LogP contribution in [-0.2, 0) is 13.1 Å². The summed E-state index contributed by atoms with van der Waals surface area (Å²) in [7, 11) is 0. The van der Waals surface area contributed by atoms with Crippen molar-refractivity contribution in [3.63, 3.8) is 0 Å². The molecule has 3 N–H and O–H groups in total. The maximum atomic E-state index is 13.0. The number of aromatic hydroxyl groups is 1. The normalized spacial score (nSPS) is 16.1. The van der Waals surface area contributed by atoms with Gasteiger partial charge >= 0.3 is 0 Å². The zero-order valence-electron chi connectivity index (χ0n) is 16.4. The van der Waals surface area contributed by atoms with Gasteiger partial charge in [0.05, 0.1) is 6.54 Å². The van der Waals surface area contributed by atoms with Gasteiger partial charge in [-0.25, -0.2) is 9.38 Å². The van der Waals surface area contributed by atoms with Crippen molar-refractivity contribution < 1.29 is 9.50 Å². The number of phenolic OH excluding ortho intramolecular Hbond substituents is 1. The van der Waals surface area contributed by atoms with Crippen LogP contribution >= 0.6 is 0 Å². The molecule has 28 heavy (non-hydrogen) atoms. The van der Waals surface area contributed by atoms with Crippen LogP contribution in [0, 0.1) is 5.82 Å². The summed E-state index contributed by atoms with van der Waals surface area (Å²) in [4.78, 5) is 7.07. The maximum absolute atomic E-state index is 13.0. The first-order valence-electron chi connectivity index (χ1n) is 9.92. The fraction of sp³-hybridized carbons (Fsp3) is 0.409. The number of benzene rings is 2. The lowest BCUT2D eigenvalue weighted by Crippen LogP contribution is -2.48. The Kier molecular flexibility index (Phi) is 7.25. The third kappa shape index (κ3) is 6.23. The summed E-state index contributed by atoms with van der Waals surface area (Å²) in [5, 5.41) is 16.2. The first-order chi connectivity index (χ1) is 13.6. The Morgan fingerprint density at radius 2 is 1.71 bits per heavy atom. The van der Waals surface area contributed by atoms with Crippen LogP contribution < -0.4 is 10.6 Å². The molecule has 0 radical (unpaired) electrons. The van der Waals surface area contributed by atoms with Gasteiger partial charge in [-0.3, -0.25) is 4.90 Å². The highest BCUT2D eigenvalue weighted by molar-refractivity contribution is 5.80. The molecular formula is C22H29FN4O. The molecule has 6 heteroatoms. The number of nitrogens with one attached hydrogen (secondary N) is 2. The van der Waals surface area contributed by atoms with E-state index in [1.807, 2.05) is 24.3 Å². The second kappa shape index (κ2) is 10.1. The summed E-state index contributed by atoms with van der Waals surface area (Å²) in [5.41, 5.74) is 2.21. The zero-order chi connectivity index (χ0) is 19.8. The fourth-order valence-corrected chi connectivity index (χ4v) is 3.37. The number of halogens is 1. The molecule has 150 valence electrons. The second-order valence-electron chi connectivity index (χ2n) is 7.18. The van der Waals surface area contributed by atoms with Gasteiger partial charge in [-0.15, -0.1) is 0 Å². The average molecular weight is 384 g/mol. The van der Waals surface area contributed by atoms with Crippen molar-refractivity contribution in [3.8, 4) is 5.75 Å². The minimum Gasteiger partial charge on any atom is -0.508 e. The first kappa shape index (κ1) is 20.1. The molecular weight excluding hydrogens is 355 g/mol. The molecule has 2 aromatic carbocycles. The van der Waals surface area contributed by atoms with E-state index in [4.69, 9.17) is 0 Å². The Labute approximate surface area is 166 Å².